The largest absolute Gasteiger partial charge is 0.463 e. The van der Waals surface area contributed by atoms with Crippen LogP contribution < -0.4 is 24.8 Å². The van der Waals surface area contributed by atoms with E-state index in [2.05, 4.69) is 17.0 Å². The van der Waals surface area contributed by atoms with E-state index in [1.54, 1.807) is 13.0 Å². The van der Waals surface area contributed by atoms with Crippen LogP contribution in [0.3, 0.4) is 0 Å². The zero-order chi connectivity index (χ0) is 24.7. The lowest BCUT2D eigenvalue weighted by Crippen LogP contribution is -2.45. The van der Waals surface area contributed by atoms with Crippen molar-refractivity contribution in [3.8, 4) is 5.75 Å². The van der Waals surface area contributed by atoms with Crippen LogP contribution in [0.4, 0.5) is 8.78 Å². The third kappa shape index (κ3) is 6.99. The van der Waals surface area contributed by atoms with E-state index < -0.39 is 18.1 Å². The number of alkyl halides is 2. The molecule has 3 rings (SSSR count). The number of nitrogens with one attached hydrogen (secondary N) is 1. The summed E-state index contributed by atoms with van der Waals surface area (Å²) in [5.74, 6) is -0.542. The standard InChI is InChI=1S/C24H28F2N2O5S/c1-3-32-22(30)13-21-28(14-20(29)27-18-7-5-4-6-15(18)2)23(31)19(34-21)12-16-8-10-17(11-9-16)33-24(25)26/h8-13,15,18,24H,3-7,14H2,1-2H3,(H,27,29)/b19-12+,21-13-/t15-,18+/m0/s1. The Morgan fingerprint density at radius 2 is 1.94 bits per heavy atom. The molecule has 1 saturated carbocycles. The molecule has 0 saturated heterocycles. The van der Waals surface area contributed by atoms with Crippen LogP contribution in [0, 0.1) is 5.92 Å². The average molecular weight is 495 g/mol. The van der Waals surface area contributed by atoms with Crippen molar-refractivity contribution in [1.29, 1.82) is 0 Å². The molecule has 184 valence electrons. The first-order valence-corrected chi connectivity index (χ1v) is 12.0. The highest BCUT2D eigenvalue weighted by molar-refractivity contribution is 7.07. The van der Waals surface area contributed by atoms with Crippen molar-refractivity contribution in [3.05, 3.63) is 49.4 Å². The summed E-state index contributed by atoms with van der Waals surface area (Å²) in [6, 6.07) is 5.87. The number of rotatable bonds is 8. The molecule has 1 amide bonds. The van der Waals surface area contributed by atoms with Crippen molar-refractivity contribution in [3.63, 3.8) is 0 Å². The Hall–Kier alpha value is -3.01. The van der Waals surface area contributed by atoms with Crippen LogP contribution in [0.2, 0.25) is 0 Å². The number of hydrogen-bond donors (Lipinski definition) is 1. The van der Waals surface area contributed by atoms with Gasteiger partial charge in [-0.25, -0.2) is 4.79 Å². The van der Waals surface area contributed by atoms with E-state index in [9.17, 15) is 23.2 Å². The number of nitrogens with zero attached hydrogens (tertiary/aromatic N) is 1. The molecule has 0 unspecified atom stereocenters. The van der Waals surface area contributed by atoms with Crippen molar-refractivity contribution >= 4 is 35.4 Å². The van der Waals surface area contributed by atoms with Gasteiger partial charge in [-0.1, -0.05) is 31.9 Å². The minimum absolute atomic E-state index is 0.000635. The van der Waals surface area contributed by atoms with E-state index in [0.29, 0.717) is 16.1 Å². The van der Waals surface area contributed by atoms with E-state index in [0.717, 1.165) is 37.0 Å². The Bertz CT molecular complexity index is 1170. The molecule has 1 N–H and O–H groups in total. The molecule has 0 aliphatic heterocycles. The van der Waals surface area contributed by atoms with E-state index in [1.165, 1.54) is 34.9 Å². The number of thiazole rings is 1. The first kappa shape index (κ1) is 25.6. The molecule has 1 aromatic carbocycles. The molecular formula is C24H28F2N2O5S. The van der Waals surface area contributed by atoms with E-state index in [1.807, 2.05) is 0 Å². The second-order valence-electron chi connectivity index (χ2n) is 8.12. The number of hydrogen-bond acceptors (Lipinski definition) is 6. The highest BCUT2D eigenvalue weighted by Crippen LogP contribution is 2.23. The summed E-state index contributed by atoms with van der Waals surface area (Å²) in [7, 11) is 0. The van der Waals surface area contributed by atoms with Gasteiger partial charge in [0, 0.05) is 6.04 Å². The average Bonchev–Trinajstić information content (AvgIpc) is 3.05. The molecule has 1 heterocycles. The quantitative estimate of drug-likeness (QED) is 0.570. The Morgan fingerprint density at radius 3 is 2.59 bits per heavy atom. The summed E-state index contributed by atoms with van der Waals surface area (Å²) in [6.45, 7) is 0.802. The number of carbonyl (C=O) groups is 2. The van der Waals surface area contributed by atoms with Crippen LogP contribution in [0.15, 0.2) is 29.1 Å². The van der Waals surface area contributed by atoms with Gasteiger partial charge in [-0.05, 0) is 49.5 Å². The van der Waals surface area contributed by atoms with Crippen LogP contribution in [0.25, 0.3) is 12.2 Å². The lowest BCUT2D eigenvalue weighted by Gasteiger charge is -2.29. The number of aromatic nitrogens is 1. The topological polar surface area (TPSA) is 86.6 Å². The molecule has 7 nitrogen and oxygen atoms in total. The van der Waals surface area contributed by atoms with Crippen LogP contribution >= 0.6 is 11.3 Å². The van der Waals surface area contributed by atoms with Crippen LogP contribution in [-0.4, -0.2) is 35.7 Å². The summed E-state index contributed by atoms with van der Waals surface area (Å²) in [4.78, 5) is 37.9. The van der Waals surface area contributed by atoms with Gasteiger partial charge in [0.15, 0.2) is 0 Å². The molecule has 1 aliphatic rings. The van der Waals surface area contributed by atoms with Gasteiger partial charge in [-0.3, -0.25) is 14.2 Å². The minimum Gasteiger partial charge on any atom is -0.463 e. The highest BCUT2D eigenvalue weighted by Gasteiger charge is 2.23. The maximum absolute atomic E-state index is 13.1. The number of amides is 1. The van der Waals surface area contributed by atoms with Gasteiger partial charge in [-0.2, -0.15) is 8.78 Å². The molecule has 0 radical (unpaired) electrons. The predicted molar refractivity (Wildman–Crippen MR) is 125 cm³/mol. The fourth-order valence-electron chi connectivity index (χ4n) is 3.90. The third-order valence-electron chi connectivity index (χ3n) is 5.63. The van der Waals surface area contributed by atoms with Crippen molar-refractivity contribution in [1.82, 2.24) is 9.88 Å². The molecule has 10 heteroatoms. The maximum Gasteiger partial charge on any atom is 0.387 e. The minimum atomic E-state index is -2.93. The van der Waals surface area contributed by atoms with E-state index >= 15 is 0 Å². The number of carbonyl (C=O) groups excluding carboxylic acids is 2. The second-order valence-corrected chi connectivity index (χ2v) is 9.18. The molecule has 1 aliphatic carbocycles. The van der Waals surface area contributed by atoms with Gasteiger partial charge in [0.1, 0.15) is 17.0 Å². The molecule has 0 bridgehead atoms. The fraction of sp³-hybridized carbons (Fsp3) is 0.458. The third-order valence-corrected chi connectivity index (χ3v) is 6.69. The molecule has 1 aromatic heterocycles. The normalized spacial score (nSPS) is 19.3. The summed E-state index contributed by atoms with van der Waals surface area (Å²) in [5.41, 5.74) is 0.149. The lowest BCUT2D eigenvalue weighted by atomic mass is 9.86. The molecular weight excluding hydrogens is 466 g/mol. The van der Waals surface area contributed by atoms with Crippen molar-refractivity contribution < 1.29 is 27.8 Å². The molecule has 2 aromatic rings. The van der Waals surface area contributed by atoms with Crippen LogP contribution in [0.5, 0.6) is 5.75 Å². The van der Waals surface area contributed by atoms with E-state index in [4.69, 9.17) is 4.74 Å². The van der Waals surface area contributed by atoms with Gasteiger partial charge < -0.3 is 14.8 Å². The number of benzene rings is 1. The molecule has 0 spiro atoms. The van der Waals surface area contributed by atoms with Gasteiger partial charge in [0.2, 0.25) is 5.91 Å². The maximum atomic E-state index is 13.1. The van der Waals surface area contributed by atoms with Crippen molar-refractivity contribution in [2.45, 2.75) is 58.7 Å². The highest BCUT2D eigenvalue weighted by atomic mass is 32.1. The Morgan fingerprint density at radius 1 is 1.24 bits per heavy atom. The van der Waals surface area contributed by atoms with Crippen LogP contribution in [0.1, 0.15) is 45.1 Å². The van der Waals surface area contributed by atoms with Gasteiger partial charge in [-0.15, -0.1) is 11.3 Å². The summed E-state index contributed by atoms with van der Waals surface area (Å²) in [6.07, 6.45) is 6.91. The zero-order valence-electron chi connectivity index (χ0n) is 19.1. The van der Waals surface area contributed by atoms with Gasteiger partial charge >= 0.3 is 12.6 Å². The van der Waals surface area contributed by atoms with Crippen LogP contribution in [-0.2, 0) is 20.9 Å². The Labute approximate surface area is 199 Å². The van der Waals surface area contributed by atoms with Gasteiger partial charge in [0.05, 0.1) is 17.2 Å². The summed E-state index contributed by atoms with van der Waals surface area (Å²) >= 11 is 1.05. The van der Waals surface area contributed by atoms with Crippen molar-refractivity contribution in [2.24, 2.45) is 5.92 Å². The summed E-state index contributed by atoms with van der Waals surface area (Å²) < 4.78 is 35.8. The molecule has 1 fully saturated rings. The zero-order valence-corrected chi connectivity index (χ0v) is 19.9. The number of halogens is 2. The van der Waals surface area contributed by atoms with E-state index in [-0.39, 0.29) is 35.4 Å². The number of ether oxygens (including phenoxy) is 2. The fourth-order valence-corrected chi connectivity index (χ4v) is 4.93. The monoisotopic (exact) mass is 494 g/mol. The first-order chi connectivity index (χ1) is 16.3. The number of esters is 1. The molecule has 34 heavy (non-hydrogen) atoms. The SMILES string of the molecule is CCOC(=O)/C=c1\s/c(=C/c2ccc(OC(F)F)cc2)c(=O)n1CC(=O)N[C@@H]1CCCC[C@@H]1C. The Balaban J connectivity index is 1.91. The first-order valence-electron chi connectivity index (χ1n) is 11.2. The smallest absolute Gasteiger partial charge is 0.387 e. The predicted octanol–water partition coefficient (Wildman–Crippen LogP) is 2.38. The van der Waals surface area contributed by atoms with Gasteiger partial charge in [0.25, 0.3) is 5.56 Å². The molecule has 2 atom stereocenters. The van der Waals surface area contributed by atoms with Crippen molar-refractivity contribution in [2.75, 3.05) is 6.61 Å². The second kappa shape index (κ2) is 11.9. The Kier molecular flexibility index (Phi) is 8.98. The lowest BCUT2D eigenvalue weighted by molar-refractivity contribution is -0.135. The summed E-state index contributed by atoms with van der Waals surface area (Å²) in [5, 5.41) is 3.02.